The normalized spacial score (nSPS) is 34.7. The lowest BCUT2D eigenvalue weighted by Gasteiger charge is -2.29. The molecule has 86 valence electrons. The van der Waals surface area contributed by atoms with Gasteiger partial charge in [0, 0.05) is 0 Å². The molecule has 0 aromatic carbocycles. The second kappa shape index (κ2) is 5.64. The zero-order chi connectivity index (χ0) is 10.5. The van der Waals surface area contributed by atoms with Gasteiger partial charge in [-0.15, -0.1) is 0 Å². The van der Waals surface area contributed by atoms with E-state index in [1.807, 2.05) is 0 Å². The highest BCUT2D eigenvalue weighted by atomic mass is 16.1. The first kappa shape index (κ1) is 11.1. The van der Waals surface area contributed by atoms with Gasteiger partial charge in [0.2, 0.25) is 0 Å². The van der Waals surface area contributed by atoms with E-state index in [9.17, 15) is 4.79 Å². The van der Waals surface area contributed by atoms with Gasteiger partial charge in [0.1, 0.15) is 6.29 Å². The Balaban J connectivity index is 1.84. The summed E-state index contributed by atoms with van der Waals surface area (Å²) in [5.41, 5.74) is 0. The van der Waals surface area contributed by atoms with Gasteiger partial charge in [-0.25, -0.2) is 0 Å². The van der Waals surface area contributed by atoms with Crippen molar-refractivity contribution in [3.8, 4) is 0 Å². The molecule has 2 nitrogen and oxygen atoms in total. The molecule has 1 saturated heterocycles. The molecule has 2 fully saturated rings. The van der Waals surface area contributed by atoms with Gasteiger partial charge in [-0.3, -0.25) is 0 Å². The third kappa shape index (κ3) is 3.04. The number of hydrogen-bond acceptors (Lipinski definition) is 2. The molecular weight excluding hydrogens is 186 g/mol. The SMILES string of the molecule is O=CC1CCC(C2CCCCC2)CCN1. The van der Waals surface area contributed by atoms with Crippen LogP contribution in [0, 0.1) is 11.8 Å². The molecule has 0 aromatic rings. The van der Waals surface area contributed by atoms with Crippen molar-refractivity contribution in [2.75, 3.05) is 6.54 Å². The monoisotopic (exact) mass is 209 g/mol. The quantitative estimate of drug-likeness (QED) is 0.708. The largest absolute Gasteiger partial charge is 0.308 e. The summed E-state index contributed by atoms with van der Waals surface area (Å²) in [6, 6.07) is 0.138. The van der Waals surface area contributed by atoms with Gasteiger partial charge in [-0.1, -0.05) is 32.1 Å². The number of hydrogen-bond donors (Lipinski definition) is 1. The highest BCUT2D eigenvalue weighted by molar-refractivity contribution is 5.57. The van der Waals surface area contributed by atoms with Crippen LogP contribution < -0.4 is 5.32 Å². The first-order valence-electron chi connectivity index (χ1n) is 6.59. The molecular formula is C13H23NO. The van der Waals surface area contributed by atoms with Crippen molar-refractivity contribution in [2.24, 2.45) is 11.8 Å². The maximum atomic E-state index is 10.7. The van der Waals surface area contributed by atoms with E-state index < -0.39 is 0 Å². The van der Waals surface area contributed by atoms with Gasteiger partial charge in [-0.2, -0.15) is 0 Å². The predicted molar refractivity (Wildman–Crippen MR) is 61.8 cm³/mol. The van der Waals surface area contributed by atoms with Crippen LogP contribution in [0.4, 0.5) is 0 Å². The lowest BCUT2D eigenvalue weighted by molar-refractivity contribution is -0.109. The molecule has 1 aliphatic heterocycles. The maximum Gasteiger partial charge on any atom is 0.136 e. The average molecular weight is 209 g/mol. The van der Waals surface area contributed by atoms with Crippen LogP contribution >= 0.6 is 0 Å². The van der Waals surface area contributed by atoms with Crippen LogP contribution in [0.1, 0.15) is 51.4 Å². The number of rotatable bonds is 2. The highest BCUT2D eigenvalue weighted by Crippen LogP contribution is 2.35. The molecule has 0 radical (unpaired) electrons. The molecule has 0 aromatic heterocycles. The molecule has 2 heteroatoms. The molecule has 0 amide bonds. The lowest BCUT2D eigenvalue weighted by atomic mass is 9.77. The first-order chi connectivity index (χ1) is 7.40. The Kier molecular flexibility index (Phi) is 4.18. The number of nitrogens with one attached hydrogen (secondary N) is 1. The summed E-state index contributed by atoms with van der Waals surface area (Å²) in [5.74, 6) is 1.86. The minimum Gasteiger partial charge on any atom is -0.308 e. The fourth-order valence-corrected chi connectivity index (χ4v) is 3.29. The van der Waals surface area contributed by atoms with E-state index >= 15 is 0 Å². The van der Waals surface area contributed by atoms with Crippen LogP contribution in [0.5, 0.6) is 0 Å². The van der Waals surface area contributed by atoms with Crippen LogP contribution in [0.2, 0.25) is 0 Å². The third-order valence-electron chi connectivity index (χ3n) is 4.25. The van der Waals surface area contributed by atoms with Crippen molar-refractivity contribution in [3.05, 3.63) is 0 Å². The molecule has 2 rings (SSSR count). The minimum atomic E-state index is 0.138. The topological polar surface area (TPSA) is 29.1 Å². The Hall–Kier alpha value is -0.370. The van der Waals surface area contributed by atoms with E-state index in [0.29, 0.717) is 0 Å². The van der Waals surface area contributed by atoms with Crippen LogP contribution in [0.15, 0.2) is 0 Å². The van der Waals surface area contributed by atoms with Gasteiger partial charge < -0.3 is 10.1 Å². The second-order valence-electron chi connectivity index (χ2n) is 5.22. The van der Waals surface area contributed by atoms with Crippen molar-refractivity contribution < 1.29 is 4.79 Å². The molecule has 2 atom stereocenters. The smallest absolute Gasteiger partial charge is 0.136 e. The zero-order valence-electron chi connectivity index (χ0n) is 9.58. The summed E-state index contributed by atoms with van der Waals surface area (Å²) in [4.78, 5) is 10.7. The van der Waals surface area contributed by atoms with E-state index in [1.165, 1.54) is 44.9 Å². The van der Waals surface area contributed by atoms with E-state index in [4.69, 9.17) is 0 Å². The summed E-state index contributed by atoms with van der Waals surface area (Å²) < 4.78 is 0. The van der Waals surface area contributed by atoms with Crippen LogP contribution in [0.25, 0.3) is 0 Å². The van der Waals surface area contributed by atoms with Crippen LogP contribution in [-0.2, 0) is 4.79 Å². The van der Waals surface area contributed by atoms with Crippen molar-refractivity contribution in [2.45, 2.75) is 57.4 Å². The number of aldehydes is 1. The molecule has 1 heterocycles. The Morgan fingerprint density at radius 1 is 0.867 bits per heavy atom. The summed E-state index contributed by atoms with van der Waals surface area (Å²) in [7, 11) is 0. The van der Waals surface area contributed by atoms with E-state index in [-0.39, 0.29) is 6.04 Å². The average Bonchev–Trinajstić information content (AvgIpc) is 2.55. The number of carbonyl (C=O) groups excluding carboxylic acids is 1. The minimum absolute atomic E-state index is 0.138. The molecule has 2 unspecified atom stereocenters. The van der Waals surface area contributed by atoms with Crippen molar-refractivity contribution >= 4 is 6.29 Å². The molecule has 2 aliphatic rings. The van der Waals surface area contributed by atoms with Gasteiger partial charge in [0.25, 0.3) is 0 Å². The molecule has 0 bridgehead atoms. The summed E-state index contributed by atoms with van der Waals surface area (Å²) in [6.45, 7) is 1.05. The van der Waals surface area contributed by atoms with Crippen molar-refractivity contribution in [3.63, 3.8) is 0 Å². The predicted octanol–water partition coefficient (Wildman–Crippen LogP) is 2.52. The van der Waals surface area contributed by atoms with E-state index in [0.717, 1.165) is 31.1 Å². The lowest BCUT2D eigenvalue weighted by Crippen LogP contribution is -2.29. The second-order valence-corrected chi connectivity index (χ2v) is 5.22. The molecule has 15 heavy (non-hydrogen) atoms. The fraction of sp³-hybridized carbons (Fsp3) is 0.923. The van der Waals surface area contributed by atoms with Gasteiger partial charge >= 0.3 is 0 Å². The Morgan fingerprint density at radius 2 is 1.60 bits per heavy atom. The molecule has 1 aliphatic carbocycles. The van der Waals surface area contributed by atoms with Crippen molar-refractivity contribution in [1.29, 1.82) is 0 Å². The van der Waals surface area contributed by atoms with Crippen LogP contribution in [-0.4, -0.2) is 18.9 Å². The van der Waals surface area contributed by atoms with Crippen LogP contribution in [0.3, 0.4) is 0 Å². The van der Waals surface area contributed by atoms with E-state index in [1.54, 1.807) is 0 Å². The van der Waals surface area contributed by atoms with Gasteiger partial charge in [-0.05, 0) is 37.6 Å². The van der Waals surface area contributed by atoms with Gasteiger partial charge in [0.05, 0.1) is 6.04 Å². The van der Waals surface area contributed by atoms with Gasteiger partial charge in [0.15, 0.2) is 0 Å². The Morgan fingerprint density at radius 3 is 2.33 bits per heavy atom. The zero-order valence-corrected chi connectivity index (χ0v) is 9.58. The van der Waals surface area contributed by atoms with E-state index in [2.05, 4.69) is 5.32 Å². The third-order valence-corrected chi connectivity index (χ3v) is 4.25. The van der Waals surface area contributed by atoms with Crippen molar-refractivity contribution in [1.82, 2.24) is 5.32 Å². The highest BCUT2D eigenvalue weighted by Gasteiger charge is 2.26. The molecule has 1 saturated carbocycles. The number of carbonyl (C=O) groups is 1. The standard InChI is InChI=1S/C13H23NO/c15-10-13-7-6-12(8-9-14-13)11-4-2-1-3-5-11/h10-14H,1-9H2. The maximum absolute atomic E-state index is 10.7. The summed E-state index contributed by atoms with van der Waals surface area (Å²) in [6.07, 6.45) is 11.9. The summed E-state index contributed by atoms with van der Waals surface area (Å²) in [5, 5.41) is 3.33. The fourth-order valence-electron chi connectivity index (χ4n) is 3.29. The summed E-state index contributed by atoms with van der Waals surface area (Å²) >= 11 is 0. The Labute approximate surface area is 92.8 Å². The first-order valence-corrected chi connectivity index (χ1v) is 6.59. The molecule has 0 spiro atoms. The molecule has 1 N–H and O–H groups in total. The Bertz CT molecular complexity index is 199.